The molecule has 0 saturated carbocycles. The number of hydrogen-bond acceptors (Lipinski definition) is 4. The second kappa shape index (κ2) is 7.65. The lowest BCUT2D eigenvalue weighted by atomic mass is 10.0. The van der Waals surface area contributed by atoms with Crippen molar-refractivity contribution in [2.24, 2.45) is 5.92 Å². The van der Waals surface area contributed by atoms with Gasteiger partial charge in [0.05, 0.1) is 7.11 Å². The molecule has 0 aromatic rings. The minimum Gasteiger partial charge on any atom is -0.467 e. The first-order valence-electron chi connectivity index (χ1n) is 7.34. The summed E-state index contributed by atoms with van der Waals surface area (Å²) in [6.07, 6.45) is -4.31. The number of carbonyl (C=O) groups excluding carboxylic acids is 3. The summed E-state index contributed by atoms with van der Waals surface area (Å²) < 4.78 is 42.3. The number of hydrogen-bond donors (Lipinski definition) is 1. The van der Waals surface area contributed by atoms with Crippen molar-refractivity contribution in [3.8, 4) is 0 Å². The molecule has 0 aromatic carbocycles. The molecule has 0 radical (unpaired) electrons. The van der Waals surface area contributed by atoms with E-state index < -0.39 is 36.0 Å². The first-order valence-corrected chi connectivity index (χ1v) is 7.34. The van der Waals surface area contributed by atoms with Gasteiger partial charge in [-0.25, -0.2) is 4.79 Å². The van der Waals surface area contributed by atoms with Gasteiger partial charge in [-0.2, -0.15) is 13.2 Å². The summed E-state index contributed by atoms with van der Waals surface area (Å²) in [6, 6.07) is -2.17. The van der Waals surface area contributed by atoms with Crippen LogP contribution in [-0.2, 0) is 19.1 Å². The molecule has 0 aromatic heterocycles. The van der Waals surface area contributed by atoms with Crippen molar-refractivity contribution in [2.75, 3.05) is 13.7 Å². The highest BCUT2D eigenvalue weighted by Gasteiger charge is 2.48. The fourth-order valence-corrected chi connectivity index (χ4v) is 2.54. The Labute approximate surface area is 132 Å². The van der Waals surface area contributed by atoms with Crippen molar-refractivity contribution < 1.29 is 32.3 Å². The lowest BCUT2D eigenvalue weighted by Gasteiger charge is -2.26. The van der Waals surface area contributed by atoms with Crippen molar-refractivity contribution in [1.82, 2.24) is 10.2 Å². The molecule has 1 rings (SSSR count). The number of esters is 1. The van der Waals surface area contributed by atoms with Gasteiger partial charge in [-0.15, -0.1) is 0 Å². The van der Waals surface area contributed by atoms with Crippen LogP contribution in [0.2, 0.25) is 0 Å². The number of nitrogens with zero attached hydrogens (tertiary/aromatic N) is 1. The van der Waals surface area contributed by atoms with E-state index in [1.165, 1.54) is 0 Å². The van der Waals surface area contributed by atoms with Crippen LogP contribution < -0.4 is 5.32 Å². The second-order valence-electron chi connectivity index (χ2n) is 5.87. The number of carbonyl (C=O) groups is 3. The summed E-state index contributed by atoms with van der Waals surface area (Å²) in [4.78, 5) is 35.8. The molecule has 1 fully saturated rings. The topological polar surface area (TPSA) is 75.7 Å². The van der Waals surface area contributed by atoms with Gasteiger partial charge in [-0.3, -0.25) is 9.59 Å². The third-order valence-corrected chi connectivity index (χ3v) is 3.57. The third-order valence-electron chi connectivity index (χ3n) is 3.57. The Kier molecular flexibility index (Phi) is 6.40. The molecule has 6 nitrogen and oxygen atoms in total. The van der Waals surface area contributed by atoms with Crippen LogP contribution in [0.25, 0.3) is 0 Å². The van der Waals surface area contributed by atoms with Crippen LogP contribution in [-0.4, -0.2) is 54.6 Å². The zero-order valence-electron chi connectivity index (χ0n) is 13.3. The number of likely N-dealkylation sites (tertiary alicyclic amines) is 1. The third kappa shape index (κ3) is 5.11. The van der Waals surface area contributed by atoms with Crippen LogP contribution in [0.5, 0.6) is 0 Å². The average Bonchev–Trinajstić information content (AvgIpc) is 2.92. The van der Waals surface area contributed by atoms with E-state index in [-0.39, 0.29) is 18.9 Å². The molecule has 9 heteroatoms. The van der Waals surface area contributed by atoms with Gasteiger partial charge in [-0.1, -0.05) is 13.8 Å². The fourth-order valence-electron chi connectivity index (χ4n) is 2.54. The van der Waals surface area contributed by atoms with Crippen molar-refractivity contribution in [3.05, 3.63) is 0 Å². The van der Waals surface area contributed by atoms with Gasteiger partial charge in [0.25, 0.3) is 0 Å². The molecule has 23 heavy (non-hydrogen) atoms. The van der Waals surface area contributed by atoms with Crippen LogP contribution in [0.15, 0.2) is 0 Å². The first-order chi connectivity index (χ1) is 10.6. The quantitative estimate of drug-likeness (QED) is 0.766. The minimum absolute atomic E-state index is 0.0656. The van der Waals surface area contributed by atoms with Gasteiger partial charge in [0.2, 0.25) is 5.91 Å². The summed E-state index contributed by atoms with van der Waals surface area (Å²) in [5.74, 6) is -3.40. The number of ether oxygens (including phenoxy) is 1. The number of amides is 2. The fraction of sp³-hybridized carbons (Fsp3) is 0.786. The Morgan fingerprint density at radius 1 is 1.30 bits per heavy atom. The van der Waals surface area contributed by atoms with Gasteiger partial charge in [-0.05, 0) is 25.2 Å². The van der Waals surface area contributed by atoms with Crippen LogP contribution in [0.3, 0.4) is 0 Å². The Morgan fingerprint density at radius 2 is 1.91 bits per heavy atom. The summed E-state index contributed by atoms with van der Waals surface area (Å²) in [7, 11) is 1.16. The summed E-state index contributed by atoms with van der Waals surface area (Å²) in [5.41, 5.74) is 0. The van der Waals surface area contributed by atoms with Crippen molar-refractivity contribution in [1.29, 1.82) is 0 Å². The highest BCUT2D eigenvalue weighted by molar-refractivity contribution is 5.92. The molecule has 0 bridgehead atoms. The summed E-state index contributed by atoms with van der Waals surface area (Å²) in [6.45, 7) is 3.53. The second-order valence-corrected chi connectivity index (χ2v) is 5.87. The van der Waals surface area contributed by atoms with E-state index in [0.29, 0.717) is 17.7 Å². The molecule has 1 heterocycles. The summed E-state index contributed by atoms with van der Waals surface area (Å²) >= 11 is 0. The number of nitrogens with one attached hydrogen (secondary N) is 1. The Balaban J connectivity index is 2.81. The Hall–Kier alpha value is -1.80. The molecular weight excluding hydrogens is 317 g/mol. The molecule has 132 valence electrons. The first kappa shape index (κ1) is 19.2. The van der Waals surface area contributed by atoms with Gasteiger partial charge in [0.15, 0.2) is 0 Å². The lowest BCUT2D eigenvalue weighted by Crippen LogP contribution is -2.53. The van der Waals surface area contributed by atoms with Gasteiger partial charge < -0.3 is 15.0 Å². The SMILES string of the molecule is COC(=O)[C@@H](CC(C)C)NC(=O)[C@@H]1CCCN1C(=O)C(F)(F)F. The zero-order chi connectivity index (χ0) is 17.8. The van der Waals surface area contributed by atoms with Crippen molar-refractivity contribution in [2.45, 2.75) is 51.4 Å². The summed E-state index contributed by atoms with van der Waals surface area (Å²) in [5, 5.41) is 2.40. The molecule has 1 saturated heterocycles. The molecule has 0 aliphatic carbocycles. The maximum absolute atomic E-state index is 12.6. The van der Waals surface area contributed by atoms with Gasteiger partial charge in [0, 0.05) is 6.54 Å². The van der Waals surface area contributed by atoms with Crippen molar-refractivity contribution >= 4 is 17.8 Å². The number of alkyl halides is 3. The number of methoxy groups -OCH3 is 1. The maximum Gasteiger partial charge on any atom is 0.471 e. The lowest BCUT2D eigenvalue weighted by molar-refractivity contribution is -0.186. The normalized spacial score (nSPS) is 19.6. The monoisotopic (exact) mass is 338 g/mol. The van der Waals surface area contributed by atoms with Crippen molar-refractivity contribution in [3.63, 3.8) is 0 Å². The van der Waals surface area contributed by atoms with E-state index in [9.17, 15) is 27.6 Å². The van der Waals surface area contributed by atoms with E-state index in [1.807, 2.05) is 13.8 Å². The van der Waals surface area contributed by atoms with Crippen LogP contribution in [0.1, 0.15) is 33.1 Å². The van der Waals surface area contributed by atoms with Gasteiger partial charge in [0.1, 0.15) is 12.1 Å². The van der Waals surface area contributed by atoms with E-state index in [0.717, 1.165) is 7.11 Å². The van der Waals surface area contributed by atoms with Gasteiger partial charge >= 0.3 is 18.1 Å². The number of halogens is 3. The predicted molar refractivity (Wildman–Crippen MR) is 74.2 cm³/mol. The molecular formula is C14H21F3N2O4. The van der Waals surface area contributed by atoms with E-state index in [1.54, 1.807) is 0 Å². The van der Waals surface area contributed by atoms with E-state index >= 15 is 0 Å². The van der Waals surface area contributed by atoms with E-state index in [2.05, 4.69) is 10.1 Å². The molecule has 0 spiro atoms. The minimum atomic E-state index is -5.03. The molecule has 0 unspecified atom stereocenters. The zero-order valence-corrected chi connectivity index (χ0v) is 13.3. The smallest absolute Gasteiger partial charge is 0.467 e. The number of rotatable bonds is 5. The Morgan fingerprint density at radius 3 is 2.39 bits per heavy atom. The average molecular weight is 338 g/mol. The molecule has 1 aliphatic rings. The molecule has 1 aliphatic heterocycles. The molecule has 2 amide bonds. The van der Waals surface area contributed by atoms with Crippen LogP contribution >= 0.6 is 0 Å². The highest BCUT2D eigenvalue weighted by atomic mass is 19.4. The standard InChI is InChI=1S/C14H21F3N2O4/c1-8(2)7-9(12(21)23-3)18-11(20)10-5-4-6-19(10)13(22)14(15,16)17/h8-10H,4-7H2,1-3H3,(H,18,20)/t9-,10+/m1/s1. The van der Waals surface area contributed by atoms with E-state index in [4.69, 9.17) is 0 Å². The van der Waals surface area contributed by atoms with Crippen LogP contribution in [0.4, 0.5) is 13.2 Å². The Bertz CT molecular complexity index is 465. The molecule has 2 atom stereocenters. The largest absolute Gasteiger partial charge is 0.471 e. The maximum atomic E-state index is 12.6. The highest BCUT2D eigenvalue weighted by Crippen LogP contribution is 2.26. The predicted octanol–water partition coefficient (Wildman–Crippen LogP) is 1.24. The van der Waals surface area contributed by atoms with Crippen LogP contribution in [0, 0.1) is 5.92 Å². The molecule has 1 N–H and O–H groups in total.